The monoisotopic (exact) mass is 256 g/mol. The molecule has 0 radical (unpaired) electrons. The molecule has 0 amide bonds. The zero-order chi connectivity index (χ0) is 13.8. The average molecular weight is 256 g/mol. The molecule has 104 valence electrons. The summed E-state index contributed by atoms with van der Waals surface area (Å²) in [7, 11) is 0. The first-order chi connectivity index (χ1) is 8.31. The summed E-state index contributed by atoms with van der Waals surface area (Å²) in [5.41, 5.74) is -0.465. The van der Waals surface area contributed by atoms with Crippen molar-refractivity contribution in [3.63, 3.8) is 0 Å². The van der Waals surface area contributed by atoms with Crippen LogP contribution in [0.15, 0.2) is 0 Å². The summed E-state index contributed by atoms with van der Waals surface area (Å²) in [6.45, 7) is 6.78. The molecule has 4 nitrogen and oxygen atoms in total. The second-order valence-corrected chi connectivity index (χ2v) is 5.91. The molecule has 1 rings (SSSR count). The minimum Gasteiger partial charge on any atom is -0.481 e. The van der Waals surface area contributed by atoms with Gasteiger partial charge in [-0.2, -0.15) is 0 Å². The van der Waals surface area contributed by atoms with E-state index in [2.05, 4.69) is 13.8 Å². The van der Waals surface area contributed by atoms with Gasteiger partial charge in [0.1, 0.15) is 5.60 Å². The molecule has 0 atom stereocenters. The fourth-order valence-electron chi connectivity index (χ4n) is 2.56. The van der Waals surface area contributed by atoms with Crippen LogP contribution in [-0.2, 0) is 14.3 Å². The number of aliphatic carboxylic acids is 1. The van der Waals surface area contributed by atoms with Gasteiger partial charge in [-0.15, -0.1) is 0 Å². The van der Waals surface area contributed by atoms with Crippen LogP contribution in [0, 0.1) is 5.41 Å². The normalized spacial score (nSPS) is 21.5. The Kier molecular flexibility index (Phi) is 4.91. The molecule has 1 aliphatic rings. The molecule has 1 N–H and O–H groups in total. The molecule has 0 spiro atoms. The van der Waals surface area contributed by atoms with Crippen LogP contribution in [0.25, 0.3) is 0 Å². The lowest BCUT2D eigenvalue weighted by atomic mass is 9.69. The predicted molar refractivity (Wildman–Crippen MR) is 68.5 cm³/mol. The second-order valence-electron chi connectivity index (χ2n) is 5.91. The molecular weight excluding hydrogens is 232 g/mol. The first-order valence-corrected chi connectivity index (χ1v) is 6.70. The number of carbonyl (C=O) groups is 2. The zero-order valence-electron chi connectivity index (χ0n) is 11.6. The SMILES string of the molecule is CCOC1(C(=O)CCC(=O)O)CCC(C)(C)CC1. The summed E-state index contributed by atoms with van der Waals surface area (Å²) in [5.74, 6) is -0.964. The summed E-state index contributed by atoms with van der Waals surface area (Å²) >= 11 is 0. The Balaban J connectivity index is 2.69. The molecule has 0 aromatic rings. The number of ketones is 1. The molecule has 18 heavy (non-hydrogen) atoms. The Bertz CT molecular complexity index is 310. The molecule has 0 saturated heterocycles. The van der Waals surface area contributed by atoms with Gasteiger partial charge >= 0.3 is 5.97 Å². The largest absolute Gasteiger partial charge is 0.481 e. The van der Waals surface area contributed by atoms with Gasteiger partial charge < -0.3 is 9.84 Å². The topological polar surface area (TPSA) is 63.6 Å². The first-order valence-electron chi connectivity index (χ1n) is 6.70. The Morgan fingerprint density at radius 1 is 1.11 bits per heavy atom. The fraction of sp³-hybridized carbons (Fsp3) is 0.857. The van der Waals surface area contributed by atoms with Crippen molar-refractivity contribution in [2.75, 3.05) is 6.61 Å². The van der Waals surface area contributed by atoms with Crippen LogP contribution in [-0.4, -0.2) is 29.1 Å². The van der Waals surface area contributed by atoms with Gasteiger partial charge in [0.25, 0.3) is 0 Å². The highest BCUT2D eigenvalue weighted by atomic mass is 16.5. The van der Waals surface area contributed by atoms with Crippen molar-refractivity contribution in [1.82, 2.24) is 0 Å². The summed E-state index contributed by atoms with van der Waals surface area (Å²) in [6, 6.07) is 0. The van der Waals surface area contributed by atoms with Gasteiger partial charge in [0, 0.05) is 13.0 Å². The highest BCUT2D eigenvalue weighted by Crippen LogP contribution is 2.43. The summed E-state index contributed by atoms with van der Waals surface area (Å²) in [6.07, 6.45) is 3.31. The Hall–Kier alpha value is -0.900. The van der Waals surface area contributed by atoms with Crippen LogP contribution < -0.4 is 0 Å². The molecule has 0 aromatic carbocycles. The standard InChI is InChI=1S/C14H24O4/c1-4-18-14(11(15)5-6-12(16)17)9-7-13(2,3)8-10-14/h4-10H2,1-3H3,(H,16,17). The Labute approximate surface area is 109 Å². The third-order valence-electron chi connectivity index (χ3n) is 3.91. The number of rotatable bonds is 6. The van der Waals surface area contributed by atoms with Gasteiger partial charge in [-0.3, -0.25) is 9.59 Å². The lowest BCUT2D eigenvalue weighted by molar-refractivity contribution is -0.154. The van der Waals surface area contributed by atoms with Crippen LogP contribution in [0.5, 0.6) is 0 Å². The van der Waals surface area contributed by atoms with E-state index in [0.717, 1.165) is 12.8 Å². The van der Waals surface area contributed by atoms with Crippen molar-refractivity contribution in [2.24, 2.45) is 5.41 Å². The molecule has 0 bridgehead atoms. The first kappa shape index (κ1) is 15.2. The van der Waals surface area contributed by atoms with Gasteiger partial charge in [0.15, 0.2) is 5.78 Å². The fourth-order valence-corrected chi connectivity index (χ4v) is 2.56. The smallest absolute Gasteiger partial charge is 0.303 e. The summed E-state index contributed by atoms with van der Waals surface area (Å²) < 4.78 is 5.72. The average Bonchev–Trinajstić information content (AvgIpc) is 2.29. The highest BCUT2D eigenvalue weighted by Gasteiger charge is 2.44. The number of hydrogen-bond donors (Lipinski definition) is 1. The highest BCUT2D eigenvalue weighted by molar-refractivity contribution is 5.89. The molecule has 4 heteroatoms. The lowest BCUT2D eigenvalue weighted by Crippen LogP contribution is -2.46. The maximum absolute atomic E-state index is 12.2. The van der Waals surface area contributed by atoms with Crippen molar-refractivity contribution in [1.29, 1.82) is 0 Å². The zero-order valence-corrected chi connectivity index (χ0v) is 11.6. The van der Waals surface area contributed by atoms with Crippen LogP contribution in [0.3, 0.4) is 0 Å². The second kappa shape index (κ2) is 5.83. The van der Waals surface area contributed by atoms with Gasteiger partial charge in [0.2, 0.25) is 0 Å². The van der Waals surface area contributed by atoms with E-state index in [1.807, 2.05) is 6.92 Å². The minimum atomic E-state index is -0.925. The Morgan fingerprint density at radius 2 is 1.67 bits per heavy atom. The third-order valence-corrected chi connectivity index (χ3v) is 3.91. The Morgan fingerprint density at radius 3 is 2.11 bits per heavy atom. The summed E-state index contributed by atoms with van der Waals surface area (Å²) in [5, 5.41) is 8.66. The van der Waals surface area contributed by atoms with E-state index < -0.39 is 11.6 Å². The number of carbonyl (C=O) groups excluding carboxylic acids is 1. The van der Waals surface area contributed by atoms with Crippen molar-refractivity contribution in [2.45, 2.75) is 64.9 Å². The molecule has 1 fully saturated rings. The number of hydrogen-bond acceptors (Lipinski definition) is 3. The molecular formula is C14H24O4. The van der Waals surface area contributed by atoms with Crippen molar-refractivity contribution < 1.29 is 19.4 Å². The van der Waals surface area contributed by atoms with Crippen LogP contribution in [0.2, 0.25) is 0 Å². The summed E-state index contributed by atoms with van der Waals surface area (Å²) in [4.78, 5) is 22.8. The predicted octanol–water partition coefficient (Wildman–Crippen LogP) is 2.80. The number of ether oxygens (including phenoxy) is 1. The van der Waals surface area contributed by atoms with Gasteiger partial charge in [-0.25, -0.2) is 0 Å². The maximum atomic E-state index is 12.2. The van der Waals surface area contributed by atoms with Gasteiger partial charge in [-0.1, -0.05) is 13.8 Å². The molecule has 1 saturated carbocycles. The van der Waals surface area contributed by atoms with E-state index in [9.17, 15) is 9.59 Å². The maximum Gasteiger partial charge on any atom is 0.303 e. The van der Waals surface area contributed by atoms with E-state index in [1.54, 1.807) is 0 Å². The molecule has 0 aromatic heterocycles. The quantitative estimate of drug-likeness (QED) is 0.793. The van der Waals surface area contributed by atoms with Crippen LogP contribution in [0.4, 0.5) is 0 Å². The molecule has 0 heterocycles. The number of carboxylic acid groups (broad SMARTS) is 1. The van der Waals surface area contributed by atoms with E-state index in [4.69, 9.17) is 9.84 Å². The third kappa shape index (κ3) is 3.80. The van der Waals surface area contributed by atoms with E-state index in [0.29, 0.717) is 19.4 Å². The number of Topliss-reactive ketones (excluding diaryl/α,β-unsaturated/α-hetero) is 1. The van der Waals surface area contributed by atoms with Crippen LogP contribution in [0.1, 0.15) is 59.3 Å². The van der Waals surface area contributed by atoms with Gasteiger partial charge in [0.05, 0.1) is 6.42 Å². The minimum absolute atomic E-state index is 0.0396. The van der Waals surface area contributed by atoms with E-state index in [1.165, 1.54) is 0 Å². The van der Waals surface area contributed by atoms with Crippen molar-refractivity contribution in [3.05, 3.63) is 0 Å². The molecule has 0 aliphatic heterocycles. The van der Waals surface area contributed by atoms with Crippen molar-refractivity contribution in [3.8, 4) is 0 Å². The van der Waals surface area contributed by atoms with Crippen LogP contribution >= 0.6 is 0 Å². The van der Waals surface area contributed by atoms with E-state index in [-0.39, 0.29) is 24.0 Å². The number of carboxylic acids is 1. The van der Waals surface area contributed by atoms with E-state index >= 15 is 0 Å². The van der Waals surface area contributed by atoms with Crippen molar-refractivity contribution >= 4 is 11.8 Å². The van der Waals surface area contributed by atoms with Gasteiger partial charge in [-0.05, 0) is 38.0 Å². The lowest BCUT2D eigenvalue weighted by Gasteiger charge is -2.42. The molecule has 1 aliphatic carbocycles. The molecule has 0 unspecified atom stereocenters.